The van der Waals surface area contributed by atoms with E-state index >= 15 is 0 Å². The molecule has 0 aliphatic rings. The first-order valence-electron chi connectivity index (χ1n) is 6.12. The molecule has 0 bridgehead atoms. The van der Waals surface area contributed by atoms with Crippen molar-refractivity contribution in [2.24, 2.45) is 0 Å². The van der Waals surface area contributed by atoms with Gasteiger partial charge in [-0.2, -0.15) is 0 Å². The van der Waals surface area contributed by atoms with Gasteiger partial charge in [-0.15, -0.1) is 0 Å². The SMILES string of the molecule is O=c1ccc2ccc3ncc4ccccc4c3c2[nH]1. The predicted octanol–water partition coefficient (Wildman–Crippen LogP) is 3.23. The van der Waals surface area contributed by atoms with Crippen molar-refractivity contribution in [3.63, 3.8) is 0 Å². The van der Waals surface area contributed by atoms with Crippen molar-refractivity contribution in [3.05, 3.63) is 65.1 Å². The molecule has 2 aromatic carbocycles. The smallest absolute Gasteiger partial charge is 0.248 e. The van der Waals surface area contributed by atoms with E-state index in [-0.39, 0.29) is 5.56 Å². The summed E-state index contributed by atoms with van der Waals surface area (Å²) in [5, 5.41) is 4.21. The molecule has 0 saturated heterocycles. The van der Waals surface area contributed by atoms with Gasteiger partial charge in [0.05, 0.1) is 11.0 Å². The summed E-state index contributed by atoms with van der Waals surface area (Å²) in [6.45, 7) is 0. The average Bonchev–Trinajstić information content (AvgIpc) is 2.46. The Morgan fingerprint density at radius 2 is 1.74 bits per heavy atom. The third-order valence-electron chi connectivity index (χ3n) is 3.45. The van der Waals surface area contributed by atoms with Crippen LogP contribution in [-0.2, 0) is 0 Å². The van der Waals surface area contributed by atoms with Crippen molar-refractivity contribution >= 4 is 32.6 Å². The van der Waals surface area contributed by atoms with Gasteiger partial charge in [0.1, 0.15) is 0 Å². The lowest BCUT2D eigenvalue weighted by molar-refractivity contribution is 1.31. The number of pyridine rings is 2. The van der Waals surface area contributed by atoms with Crippen LogP contribution in [0, 0.1) is 0 Å². The lowest BCUT2D eigenvalue weighted by Crippen LogP contribution is -2.02. The van der Waals surface area contributed by atoms with E-state index in [2.05, 4.69) is 16.0 Å². The number of fused-ring (bicyclic) bond motifs is 5. The first kappa shape index (κ1) is 10.3. The topological polar surface area (TPSA) is 45.8 Å². The molecule has 0 amide bonds. The normalized spacial score (nSPS) is 11.4. The van der Waals surface area contributed by atoms with E-state index in [1.54, 1.807) is 6.07 Å². The number of nitrogens with zero attached hydrogens (tertiary/aromatic N) is 1. The zero-order valence-corrected chi connectivity index (χ0v) is 10.1. The van der Waals surface area contributed by atoms with Crippen LogP contribution in [0.4, 0.5) is 0 Å². The van der Waals surface area contributed by atoms with E-state index in [9.17, 15) is 4.79 Å². The van der Waals surface area contributed by atoms with Gasteiger partial charge >= 0.3 is 0 Å². The lowest BCUT2D eigenvalue weighted by Gasteiger charge is -2.06. The Balaban J connectivity index is 2.39. The number of nitrogens with one attached hydrogen (secondary N) is 1. The molecule has 1 N–H and O–H groups in total. The molecule has 4 rings (SSSR count). The van der Waals surface area contributed by atoms with Crippen molar-refractivity contribution in [3.8, 4) is 0 Å². The molecule has 0 unspecified atom stereocenters. The average molecular weight is 246 g/mol. The molecule has 0 radical (unpaired) electrons. The van der Waals surface area contributed by atoms with Crippen molar-refractivity contribution in [2.45, 2.75) is 0 Å². The molecule has 19 heavy (non-hydrogen) atoms. The van der Waals surface area contributed by atoms with E-state index in [0.29, 0.717) is 0 Å². The number of H-pyrrole nitrogens is 1. The number of hydrogen-bond donors (Lipinski definition) is 1. The third-order valence-corrected chi connectivity index (χ3v) is 3.45. The number of benzene rings is 2. The molecule has 3 heteroatoms. The van der Waals surface area contributed by atoms with Crippen molar-refractivity contribution in [1.82, 2.24) is 9.97 Å². The van der Waals surface area contributed by atoms with Crippen LogP contribution in [-0.4, -0.2) is 9.97 Å². The predicted molar refractivity (Wildman–Crippen MR) is 77.4 cm³/mol. The summed E-state index contributed by atoms with van der Waals surface area (Å²) in [6.07, 6.45) is 1.87. The van der Waals surface area contributed by atoms with Crippen molar-refractivity contribution in [1.29, 1.82) is 0 Å². The van der Waals surface area contributed by atoms with Gasteiger partial charge in [0, 0.05) is 23.0 Å². The zero-order valence-electron chi connectivity index (χ0n) is 10.1. The van der Waals surface area contributed by atoms with E-state index in [1.165, 1.54) is 0 Å². The molecule has 2 aromatic heterocycles. The Kier molecular flexibility index (Phi) is 1.97. The highest BCUT2D eigenvalue weighted by Gasteiger charge is 2.06. The largest absolute Gasteiger partial charge is 0.321 e. The van der Waals surface area contributed by atoms with E-state index in [4.69, 9.17) is 0 Å². The van der Waals surface area contributed by atoms with Gasteiger partial charge < -0.3 is 4.98 Å². The second-order valence-electron chi connectivity index (χ2n) is 4.59. The molecule has 4 aromatic rings. The molecule has 0 fully saturated rings. The molecule has 0 atom stereocenters. The fraction of sp³-hybridized carbons (Fsp3) is 0. The minimum atomic E-state index is -0.0899. The van der Waals surface area contributed by atoms with Crippen LogP contribution >= 0.6 is 0 Å². The molecule has 3 nitrogen and oxygen atoms in total. The van der Waals surface area contributed by atoms with Gasteiger partial charge in [-0.05, 0) is 22.9 Å². The van der Waals surface area contributed by atoms with Crippen LogP contribution in [0.25, 0.3) is 32.6 Å². The fourth-order valence-electron chi connectivity index (χ4n) is 2.57. The molecule has 0 aliphatic carbocycles. The summed E-state index contributed by atoms with van der Waals surface area (Å²) in [4.78, 5) is 19.0. The lowest BCUT2D eigenvalue weighted by atomic mass is 10.0. The minimum absolute atomic E-state index is 0.0899. The number of aromatic nitrogens is 2. The summed E-state index contributed by atoms with van der Waals surface area (Å²) in [5.41, 5.74) is 1.66. The number of hydrogen-bond acceptors (Lipinski definition) is 2. The van der Waals surface area contributed by atoms with Gasteiger partial charge in [0.2, 0.25) is 5.56 Å². The maximum Gasteiger partial charge on any atom is 0.248 e. The van der Waals surface area contributed by atoms with E-state index in [1.807, 2.05) is 42.6 Å². The maximum atomic E-state index is 11.6. The highest BCUT2D eigenvalue weighted by Crippen LogP contribution is 2.28. The highest BCUT2D eigenvalue weighted by atomic mass is 16.1. The minimum Gasteiger partial charge on any atom is -0.321 e. The quantitative estimate of drug-likeness (QED) is 0.484. The standard InChI is InChI=1S/C16H10N2O/c19-14-8-6-10-5-7-13-15(16(10)18-14)12-4-2-1-3-11(12)9-17-13/h1-9H,(H,18,19). The van der Waals surface area contributed by atoms with Gasteiger partial charge in [-0.3, -0.25) is 9.78 Å². The first-order valence-corrected chi connectivity index (χ1v) is 6.12. The van der Waals surface area contributed by atoms with Crippen LogP contribution < -0.4 is 5.56 Å². The molecular weight excluding hydrogens is 236 g/mol. The fourth-order valence-corrected chi connectivity index (χ4v) is 2.57. The number of aromatic amines is 1. The Morgan fingerprint density at radius 1 is 0.895 bits per heavy atom. The second-order valence-corrected chi connectivity index (χ2v) is 4.59. The monoisotopic (exact) mass is 246 g/mol. The second kappa shape index (κ2) is 3.65. The molecule has 0 aliphatic heterocycles. The van der Waals surface area contributed by atoms with Crippen molar-refractivity contribution in [2.75, 3.05) is 0 Å². The summed E-state index contributed by atoms with van der Waals surface area (Å²) in [7, 11) is 0. The van der Waals surface area contributed by atoms with Gasteiger partial charge in [0.25, 0.3) is 0 Å². The van der Waals surface area contributed by atoms with Crippen LogP contribution in [0.1, 0.15) is 0 Å². The summed E-state index contributed by atoms with van der Waals surface area (Å²) in [6, 6.07) is 15.4. The molecule has 2 heterocycles. The van der Waals surface area contributed by atoms with Crippen LogP contribution in [0.15, 0.2) is 59.5 Å². The Morgan fingerprint density at radius 3 is 2.68 bits per heavy atom. The summed E-state index contributed by atoms with van der Waals surface area (Å²) in [5.74, 6) is 0. The Hall–Kier alpha value is -2.68. The highest BCUT2D eigenvalue weighted by molar-refractivity contribution is 6.17. The molecule has 0 saturated carbocycles. The Labute approximate surface area is 108 Å². The summed E-state index contributed by atoms with van der Waals surface area (Å²) >= 11 is 0. The number of rotatable bonds is 0. The molecule has 90 valence electrons. The van der Waals surface area contributed by atoms with Gasteiger partial charge in [0.15, 0.2) is 0 Å². The van der Waals surface area contributed by atoms with Crippen LogP contribution in [0.2, 0.25) is 0 Å². The Bertz CT molecular complexity index is 981. The van der Waals surface area contributed by atoms with Crippen LogP contribution in [0.5, 0.6) is 0 Å². The van der Waals surface area contributed by atoms with E-state index in [0.717, 1.165) is 32.6 Å². The zero-order chi connectivity index (χ0) is 12.8. The van der Waals surface area contributed by atoms with Gasteiger partial charge in [-0.1, -0.05) is 30.3 Å². The first-order chi connectivity index (χ1) is 9.33. The molecule has 0 spiro atoms. The van der Waals surface area contributed by atoms with Gasteiger partial charge in [-0.25, -0.2) is 0 Å². The summed E-state index contributed by atoms with van der Waals surface area (Å²) < 4.78 is 0. The van der Waals surface area contributed by atoms with Crippen LogP contribution in [0.3, 0.4) is 0 Å². The van der Waals surface area contributed by atoms with E-state index < -0.39 is 0 Å². The maximum absolute atomic E-state index is 11.6. The molecular formula is C16H10N2O. The third kappa shape index (κ3) is 1.45. The van der Waals surface area contributed by atoms with Crippen molar-refractivity contribution < 1.29 is 0 Å².